The van der Waals surface area contributed by atoms with E-state index < -0.39 is 0 Å². The number of rotatable bonds is 2. The van der Waals surface area contributed by atoms with Crippen molar-refractivity contribution >= 4 is 11.5 Å². The standard InChI is InChI=1S/C22H30N2/c1-14-6-15(2)20(16(3)7-14)24-5-4-23-21(24)22-11-17-8-18(12-22)10-19(9-17)13-22/h6-7,17-19H,4-5,8-13H2,1-3H3. The maximum atomic E-state index is 5.13. The Balaban J connectivity index is 1.55. The minimum Gasteiger partial charge on any atom is -0.327 e. The van der Waals surface area contributed by atoms with E-state index in [1.54, 1.807) is 0 Å². The Hall–Kier alpha value is -1.31. The van der Waals surface area contributed by atoms with Gasteiger partial charge >= 0.3 is 0 Å². The van der Waals surface area contributed by atoms with Gasteiger partial charge in [-0.05, 0) is 88.2 Å². The van der Waals surface area contributed by atoms with E-state index in [2.05, 4.69) is 37.8 Å². The fourth-order valence-electron chi connectivity index (χ4n) is 7.10. The molecule has 0 N–H and O–H groups in total. The van der Waals surface area contributed by atoms with Crippen LogP contribution in [-0.4, -0.2) is 18.9 Å². The maximum absolute atomic E-state index is 5.13. The van der Waals surface area contributed by atoms with Gasteiger partial charge in [-0.15, -0.1) is 0 Å². The molecule has 1 aromatic rings. The third kappa shape index (κ3) is 2.11. The summed E-state index contributed by atoms with van der Waals surface area (Å²) in [5, 5.41) is 0. The number of amidine groups is 1. The molecule has 0 saturated heterocycles. The van der Waals surface area contributed by atoms with E-state index in [0.29, 0.717) is 5.41 Å². The highest BCUT2D eigenvalue weighted by atomic mass is 15.3. The van der Waals surface area contributed by atoms with Crippen molar-refractivity contribution in [1.29, 1.82) is 0 Å². The Labute approximate surface area is 146 Å². The molecule has 4 bridgehead atoms. The van der Waals surface area contributed by atoms with Crippen molar-refractivity contribution in [2.45, 2.75) is 59.3 Å². The molecule has 0 spiro atoms. The van der Waals surface area contributed by atoms with Crippen LogP contribution in [0.1, 0.15) is 55.2 Å². The Morgan fingerprint density at radius 2 is 1.46 bits per heavy atom. The number of aryl methyl sites for hydroxylation is 3. The minimum absolute atomic E-state index is 0.412. The van der Waals surface area contributed by atoms with Gasteiger partial charge in [0.25, 0.3) is 0 Å². The topological polar surface area (TPSA) is 15.6 Å². The fraction of sp³-hybridized carbons (Fsp3) is 0.682. The smallest absolute Gasteiger partial charge is 0.110 e. The van der Waals surface area contributed by atoms with Crippen LogP contribution in [0.3, 0.4) is 0 Å². The molecule has 2 heteroatoms. The largest absolute Gasteiger partial charge is 0.327 e. The molecule has 128 valence electrons. The van der Waals surface area contributed by atoms with E-state index in [1.807, 2.05) is 0 Å². The van der Waals surface area contributed by atoms with E-state index in [1.165, 1.54) is 66.7 Å². The van der Waals surface area contributed by atoms with Gasteiger partial charge in [0.1, 0.15) is 5.84 Å². The molecule has 4 fully saturated rings. The molecule has 6 rings (SSSR count). The molecule has 4 aliphatic carbocycles. The lowest BCUT2D eigenvalue weighted by Crippen LogP contribution is -2.53. The first-order chi connectivity index (χ1) is 11.5. The zero-order valence-corrected chi connectivity index (χ0v) is 15.4. The number of anilines is 1. The SMILES string of the molecule is Cc1cc(C)c(N2CCN=C2C23CC4CC(CC(C4)C2)C3)c(C)c1. The summed E-state index contributed by atoms with van der Waals surface area (Å²) in [6.45, 7) is 8.85. The molecule has 1 heterocycles. The molecule has 2 nitrogen and oxygen atoms in total. The number of benzene rings is 1. The average molecular weight is 322 g/mol. The van der Waals surface area contributed by atoms with E-state index in [0.717, 1.165) is 30.8 Å². The summed E-state index contributed by atoms with van der Waals surface area (Å²) in [6, 6.07) is 4.69. The number of nitrogens with zero attached hydrogens (tertiary/aromatic N) is 2. The Morgan fingerprint density at radius 1 is 0.917 bits per heavy atom. The molecule has 4 saturated carbocycles. The summed E-state index contributed by atoms with van der Waals surface area (Å²) in [5.41, 5.74) is 6.09. The third-order valence-electron chi connectivity index (χ3n) is 7.26. The molecule has 5 aliphatic rings. The Kier molecular flexibility index (Phi) is 3.18. The summed E-state index contributed by atoms with van der Waals surface area (Å²) in [6.07, 6.45) is 8.77. The zero-order valence-electron chi connectivity index (χ0n) is 15.4. The monoisotopic (exact) mass is 322 g/mol. The summed E-state index contributed by atoms with van der Waals surface area (Å²) in [5.74, 6) is 4.43. The van der Waals surface area contributed by atoms with Crippen LogP contribution in [0.15, 0.2) is 17.1 Å². The van der Waals surface area contributed by atoms with Crippen LogP contribution in [0.4, 0.5) is 5.69 Å². The van der Waals surface area contributed by atoms with Crippen molar-refractivity contribution in [3.63, 3.8) is 0 Å². The number of aliphatic imine (C=N–C) groups is 1. The molecule has 24 heavy (non-hydrogen) atoms. The predicted octanol–water partition coefficient (Wildman–Crippen LogP) is 5.05. The van der Waals surface area contributed by atoms with Crippen molar-refractivity contribution in [2.75, 3.05) is 18.0 Å². The van der Waals surface area contributed by atoms with Crippen LogP contribution in [0.5, 0.6) is 0 Å². The van der Waals surface area contributed by atoms with Gasteiger partial charge in [-0.1, -0.05) is 17.7 Å². The minimum atomic E-state index is 0.412. The maximum Gasteiger partial charge on any atom is 0.110 e. The molecule has 0 atom stereocenters. The second-order valence-corrected chi connectivity index (χ2v) is 9.30. The number of hydrogen-bond acceptors (Lipinski definition) is 2. The van der Waals surface area contributed by atoms with Crippen LogP contribution in [0, 0.1) is 43.9 Å². The predicted molar refractivity (Wildman–Crippen MR) is 101 cm³/mol. The molecule has 0 radical (unpaired) electrons. The molecular weight excluding hydrogens is 292 g/mol. The normalized spacial score (nSPS) is 37.2. The Bertz CT molecular complexity index is 656. The second-order valence-electron chi connectivity index (χ2n) is 9.30. The zero-order chi connectivity index (χ0) is 16.5. The van der Waals surface area contributed by atoms with Gasteiger partial charge in [-0.25, -0.2) is 0 Å². The van der Waals surface area contributed by atoms with E-state index in [-0.39, 0.29) is 0 Å². The lowest BCUT2D eigenvalue weighted by atomic mass is 9.49. The van der Waals surface area contributed by atoms with Gasteiger partial charge in [0, 0.05) is 17.6 Å². The highest BCUT2D eigenvalue weighted by Crippen LogP contribution is 2.61. The summed E-state index contributed by atoms with van der Waals surface area (Å²) in [4.78, 5) is 7.75. The van der Waals surface area contributed by atoms with E-state index >= 15 is 0 Å². The molecule has 1 aromatic carbocycles. The van der Waals surface area contributed by atoms with Gasteiger partial charge in [0.05, 0.1) is 6.54 Å². The molecule has 0 unspecified atom stereocenters. The van der Waals surface area contributed by atoms with E-state index in [4.69, 9.17) is 4.99 Å². The van der Waals surface area contributed by atoms with Crippen molar-refractivity contribution in [3.8, 4) is 0 Å². The number of hydrogen-bond donors (Lipinski definition) is 0. The van der Waals surface area contributed by atoms with Gasteiger partial charge in [-0.3, -0.25) is 4.99 Å². The Morgan fingerprint density at radius 3 is 2.00 bits per heavy atom. The highest BCUT2D eigenvalue weighted by molar-refractivity contribution is 6.04. The van der Waals surface area contributed by atoms with Crippen molar-refractivity contribution in [2.24, 2.45) is 28.2 Å². The average Bonchev–Trinajstić information content (AvgIpc) is 2.94. The summed E-state index contributed by atoms with van der Waals surface area (Å²) in [7, 11) is 0. The van der Waals surface area contributed by atoms with Gasteiger partial charge < -0.3 is 4.90 Å². The van der Waals surface area contributed by atoms with Crippen molar-refractivity contribution in [3.05, 3.63) is 28.8 Å². The fourth-order valence-corrected chi connectivity index (χ4v) is 7.10. The van der Waals surface area contributed by atoms with Gasteiger partial charge in [0.15, 0.2) is 0 Å². The lowest BCUT2D eigenvalue weighted by molar-refractivity contribution is -0.0129. The van der Waals surface area contributed by atoms with Crippen LogP contribution in [-0.2, 0) is 0 Å². The van der Waals surface area contributed by atoms with Crippen LogP contribution in [0.2, 0.25) is 0 Å². The lowest BCUT2D eigenvalue weighted by Gasteiger charge is -2.57. The first-order valence-corrected chi connectivity index (χ1v) is 9.94. The highest BCUT2D eigenvalue weighted by Gasteiger charge is 2.55. The van der Waals surface area contributed by atoms with Gasteiger partial charge in [0.2, 0.25) is 0 Å². The van der Waals surface area contributed by atoms with E-state index in [9.17, 15) is 0 Å². The second kappa shape index (κ2) is 5.09. The van der Waals surface area contributed by atoms with Gasteiger partial charge in [-0.2, -0.15) is 0 Å². The molecule has 1 aliphatic heterocycles. The van der Waals surface area contributed by atoms with Crippen molar-refractivity contribution < 1.29 is 0 Å². The third-order valence-corrected chi connectivity index (χ3v) is 7.26. The quantitative estimate of drug-likeness (QED) is 0.744. The van der Waals surface area contributed by atoms with Crippen LogP contribution in [0.25, 0.3) is 0 Å². The molecular formula is C22H30N2. The first-order valence-electron chi connectivity index (χ1n) is 9.94. The van der Waals surface area contributed by atoms with Crippen molar-refractivity contribution in [1.82, 2.24) is 0 Å². The van der Waals surface area contributed by atoms with Crippen LogP contribution < -0.4 is 4.90 Å². The summed E-state index contributed by atoms with van der Waals surface area (Å²) < 4.78 is 0. The molecule has 0 amide bonds. The summed E-state index contributed by atoms with van der Waals surface area (Å²) >= 11 is 0. The molecule has 0 aromatic heterocycles. The van der Waals surface area contributed by atoms with Crippen LogP contribution >= 0.6 is 0 Å². The first kappa shape index (κ1) is 15.0.